The topological polar surface area (TPSA) is 40.5 Å². The molecule has 0 unspecified atom stereocenters. The van der Waals surface area contributed by atoms with Gasteiger partial charge >= 0.3 is 0 Å². The number of hydrogen-bond acceptors (Lipinski definition) is 2. The lowest BCUT2D eigenvalue weighted by molar-refractivity contribution is 0.311. The highest BCUT2D eigenvalue weighted by Crippen LogP contribution is 2.01. The monoisotopic (exact) mass is 116 g/mol. The SMILES string of the molecule is CCC(O)=C(C)CO. The summed E-state index contributed by atoms with van der Waals surface area (Å²) in [4.78, 5) is 0. The van der Waals surface area contributed by atoms with Crippen molar-refractivity contribution in [3.05, 3.63) is 11.3 Å². The molecule has 0 aliphatic rings. The lowest BCUT2D eigenvalue weighted by atomic mass is 10.2. The summed E-state index contributed by atoms with van der Waals surface area (Å²) < 4.78 is 0. The van der Waals surface area contributed by atoms with Gasteiger partial charge in [-0.3, -0.25) is 0 Å². The summed E-state index contributed by atoms with van der Waals surface area (Å²) >= 11 is 0. The number of rotatable bonds is 2. The fourth-order valence-corrected chi connectivity index (χ4v) is 0.393. The Morgan fingerprint density at radius 1 is 1.50 bits per heavy atom. The molecule has 2 nitrogen and oxygen atoms in total. The van der Waals surface area contributed by atoms with E-state index in [1.54, 1.807) is 6.92 Å². The molecule has 2 heteroatoms. The maximum Gasteiger partial charge on any atom is 0.0931 e. The molecule has 0 saturated carbocycles. The Hall–Kier alpha value is -0.500. The molecule has 8 heavy (non-hydrogen) atoms. The average molecular weight is 116 g/mol. The van der Waals surface area contributed by atoms with Gasteiger partial charge in [-0.2, -0.15) is 0 Å². The third kappa shape index (κ3) is 1.98. The first-order chi connectivity index (χ1) is 3.72. The van der Waals surface area contributed by atoms with Gasteiger partial charge in [-0.15, -0.1) is 0 Å². The summed E-state index contributed by atoms with van der Waals surface area (Å²) in [6, 6.07) is 0. The summed E-state index contributed by atoms with van der Waals surface area (Å²) in [6.45, 7) is 3.51. The van der Waals surface area contributed by atoms with Gasteiger partial charge in [-0.05, 0) is 12.5 Å². The second kappa shape index (κ2) is 3.50. The van der Waals surface area contributed by atoms with E-state index in [0.717, 1.165) is 0 Å². The van der Waals surface area contributed by atoms with Crippen LogP contribution in [0.25, 0.3) is 0 Å². The van der Waals surface area contributed by atoms with Gasteiger partial charge < -0.3 is 10.2 Å². The molecular weight excluding hydrogens is 104 g/mol. The van der Waals surface area contributed by atoms with Crippen LogP contribution < -0.4 is 0 Å². The number of aliphatic hydroxyl groups excluding tert-OH is 2. The second-order valence-electron chi connectivity index (χ2n) is 1.74. The molecule has 0 aliphatic carbocycles. The van der Waals surface area contributed by atoms with Crippen LogP contribution in [0.1, 0.15) is 20.3 Å². The molecule has 0 aromatic rings. The summed E-state index contributed by atoms with van der Waals surface area (Å²) in [5, 5.41) is 17.3. The zero-order valence-electron chi connectivity index (χ0n) is 5.31. The van der Waals surface area contributed by atoms with Gasteiger partial charge in [0.2, 0.25) is 0 Å². The van der Waals surface area contributed by atoms with Gasteiger partial charge in [0.05, 0.1) is 12.4 Å². The van der Waals surface area contributed by atoms with Crippen LogP contribution in [0.5, 0.6) is 0 Å². The van der Waals surface area contributed by atoms with E-state index in [1.807, 2.05) is 6.92 Å². The van der Waals surface area contributed by atoms with Crippen molar-refractivity contribution in [3.8, 4) is 0 Å². The maximum absolute atomic E-state index is 8.85. The van der Waals surface area contributed by atoms with Crippen molar-refractivity contribution in [1.29, 1.82) is 0 Å². The highest BCUT2D eigenvalue weighted by Gasteiger charge is 1.92. The Balaban J connectivity index is 3.83. The minimum atomic E-state index is -0.0420. The molecule has 48 valence electrons. The molecule has 0 aliphatic heterocycles. The lowest BCUT2D eigenvalue weighted by Crippen LogP contribution is -1.90. The number of aliphatic hydroxyl groups is 2. The van der Waals surface area contributed by atoms with Gasteiger partial charge in [0, 0.05) is 6.42 Å². The largest absolute Gasteiger partial charge is 0.512 e. The highest BCUT2D eigenvalue weighted by atomic mass is 16.3. The van der Waals surface area contributed by atoms with E-state index >= 15 is 0 Å². The fourth-order valence-electron chi connectivity index (χ4n) is 0.393. The van der Waals surface area contributed by atoms with Crippen molar-refractivity contribution < 1.29 is 10.2 Å². The minimum absolute atomic E-state index is 0.0420. The first-order valence-electron chi connectivity index (χ1n) is 2.70. The summed E-state index contributed by atoms with van der Waals surface area (Å²) in [6.07, 6.45) is 0.604. The van der Waals surface area contributed by atoms with Gasteiger partial charge in [-0.25, -0.2) is 0 Å². The van der Waals surface area contributed by atoms with Crippen LogP contribution in [0.2, 0.25) is 0 Å². The standard InChI is InChI=1S/C6H12O2/c1-3-6(8)5(2)4-7/h7-8H,3-4H2,1-2H3. The average Bonchev–Trinajstić information content (AvgIpc) is 1.84. The van der Waals surface area contributed by atoms with Crippen LogP contribution in [0.15, 0.2) is 11.3 Å². The molecule has 0 saturated heterocycles. The van der Waals surface area contributed by atoms with Crippen molar-refractivity contribution in [3.63, 3.8) is 0 Å². The molecule has 0 fully saturated rings. The predicted molar refractivity (Wildman–Crippen MR) is 32.7 cm³/mol. The van der Waals surface area contributed by atoms with Gasteiger partial charge in [-0.1, -0.05) is 6.92 Å². The molecule has 0 bridgehead atoms. The van der Waals surface area contributed by atoms with Gasteiger partial charge in [0.15, 0.2) is 0 Å². The van der Waals surface area contributed by atoms with Gasteiger partial charge in [0.1, 0.15) is 0 Å². The molecule has 0 amide bonds. The molecule has 0 radical (unpaired) electrons. The van der Waals surface area contributed by atoms with Gasteiger partial charge in [0.25, 0.3) is 0 Å². The molecular formula is C6H12O2. The summed E-state index contributed by atoms with van der Waals surface area (Å²) in [7, 11) is 0. The third-order valence-corrected chi connectivity index (χ3v) is 1.06. The number of allylic oxidation sites excluding steroid dienone is 1. The van der Waals surface area contributed by atoms with Crippen LogP contribution in [0.4, 0.5) is 0 Å². The van der Waals surface area contributed by atoms with Crippen LogP contribution in [0.3, 0.4) is 0 Å². The van der Waals surface area contributed by atoms with Crippen molar-refractivity contribution in [2.24, 2.45) is 0 Å². The van der Waals surface area contributed by atoms with E-state index in [4.69, 9.17) is 10.2 Å². The maximum atomic E-state index is 8.85. The highest BCUT2D eigenvalue weighted by molar-refractivity contribution is 5.03. The fraction of sp³-hybridized carbons (Fsp3) is 0.667. The van der Waals surface area contributed by atoms with Crippen molar-refractivity contribution >= 4 is 0 Å². The van der Waals surface area contributed by atoms with Crippen LogP contribution in [0, 0.1) is 0 Å². The first kappa shape index (κ1) is 7.50. The normalized spacial score (nSPS) is 13.4. The van der Waals surface area contributed by atoms with Crippen LogP contribution in [-0.2, 0) is 0 Å². The summed E-state index contributed by atoms with van der Waals surface area (Å²) in [5.74, 6) is 0.299. The van der Waals surface area contributed by atoms with Crippen molar-refractivity contribution in [2.45, 2.75) is 20.3 Å². The Morgan fingerprint density at radius 2 is 2.00 bits per heavy atom. The lowest BCUT2D eigenvalue weighted by Gasteiger charge is -1.97. The van der Waals surface area contributed by atoms with E-state index < -0.39 is 0 Å². The van der Waals surface area contributed by atoms with Crippen molar-refractivity contribution in [1.82, 2.24) is 0 Å². The first-order valence-corrected chi connectivity index (χ1v) is 2.70. The number of hydrogen-bond donors (Lipinski definition) is 2. The molecule has 0 aromatic carbocycles. The molecule has 0 atom stereocenters. The zero-order chi connectivity index (χ0) is 6.57. The minimum Gasteiger partial charge on any atom is -0.512 e. The molecule has 0 rings (SSSR count). The molecule has 0 heterocycles. The zero-order valence-corrected chi connectivity index (χ0v) is 5.31. The van der Waals surface area contributed by atoms with E-state index in [0.29, 0.717) is 17.8 Å². The molecule has 0 spiro atoms. The van der Waals surface area contributed by atoms with Crippen molar-refractivity contribution in [2.75, 3.05) is 6.61 Å². The molecule has 2 N–H and O–H groups in total. The smallest absolute Gasteiger partial charge is 0.0931 e. The Bertz CT molecular complexity index is 82.7. The quantitative estimate of drug-likeness (QED) is 0.532. The van der Waals surface area contributed by atoms with E-state index in [1.165, 1.54) is 0 Å². The Kier molecular flexibility index (Phi) is 3.28. The second-order valence-corrected chi connectivity index (χ2v) is 1.74. The van der Waals surface area contributed by atoms with Crippen LogP contribution >= 0.6 is 0 Å². The summed E-state index contributed by atoms with van der Waals surface area (Å²) in [5.41, 5.74) is 0.660. The third-order valence-electron chi connectivity index (χ3n) is 1.06. The predicted octanol–water partition coefficient (Wildman–Crippen LogP) is 1.22. The molecule has 0 aromatic heterocycles. The Morgan fingerprint density at radius 3 is 2.12 bits per heavy atom. The van der Waals surface area contributed by atoms with E-state index in [9.17, 15) is 0 Å². The Labute approximate surface area is 49.5 Å². The van der Waals surface area contributed by atoms with Crippen LogP contribution in [-0.4, -0.2) is 16.8 Å². The van der Waals surface area contributed by atoms with E-state index in [-0.39, 0.29) is 6.61 Å². The van der Waals surface area contributed by atoms with E-state index in [2.05, 4.69) is 0 Å².